The molecule has 1 aliphatic rings. The second-order valence-corrected chi connectivity index (χ2v) is 8.04. The monoisotopic (exact) mass is 393 g/mol. The van der Waals surface area contributed by atoms with Gasteiger partial charge in [-0.05, 0) is 44.2 Å². The van der Waals surface area contributed by atoms with Crippen LogP contribution in [0.2, 0.25) is 0 Å². The van der Waals surface area contributed by atoms with Gasteiger partial charge in [-0.25, -0.2) is 27.5 Å². The van der Waals surface area contributed by atoms with Crippen LogP contribution in [0.4, 0.5) is 10.3 Å². The Labute approximate surface area is 156 Å². The molecule has 3 rings (SSSR count). The summed E-state index contributed by atoms with van der Waals surface area (Å²) in [6, 6.07) is 4.63. The van der Waals surface area contributed by atoms with Gasteiger partial charge in [0.1, 0.15) is 5.82 Å². The van der Waals surface area contributed by atoms with Crippen LogP contribution in [0, 0.1) is 5.82 Å². The normalized spacial score (nSPS) is 17.6. The maximum Gasteiger partial charge on any atom is 0.254 e. The van der Waals surface area contributed by atoms with Gasteiger partial charge >= 0.3 is 0 Å². The van der Waals surface area contributed by atoms with E-state index in [0.717, 1.165) is 37.6 Å². The molecule has 1 atom stereocenters. The highest BCUT2D eigenvalue weighted by atomic mass is 32.2. The summed E-state index contributed by atoms with van der Waals surface area (Å²) in [5.41, 5.74) is -0.306. The lowest BCUT2D eigenvalue weighted by molar-refractivity contribution is 0.0928. The van der Waals surface area contributed by atoms with Crippen LogP contribution in [0.15, 0.2) is 41.6 Å². The van der Waals surface area contributed by atoms with Gasteiger partial charge in [0.2, 0.25) is 16.0 Å². The Hall–Kier alpha value is -2.59. The number of benzene rings is 1. The van der Waals surface area contributed by atoms with Crippen molar-refractivity contribution in [2.24, 2.45) is 0 Å². The first kappa shape index (κ1) is 19.2. The Kier molecular flexibility index (Phi) is 5.66. The SMILES string of the molecule is CNS(=O)(=O)c1ccc(F)c(C(=O)NC2CCCN(c3ncccn3)C2)c1. The summed E-state index contributed by atoms with van der Waals surface area (Å²) in [6.45, 7) is 1.26. The first-order valence-electron chi connectivity index (χ1n) is 8.46. The number of anilines is 1. The van der Waals surface area contributed by atoms with E-state index in [0.29, 0.717) is 12.5 Å². The molecule has 27 heavy (non-hydrogen) atoms. The Bertz CT molecular complexity index is 923. The number of sulfonamides is 1. The summed E-state index contributed by atoms with van der Waals surface area (Å²) in [7, 11) is -2.52. The molecule has 1 aromatic heterocycles. The van der Waals surface area contributed by atoms with Crippen molar-refractivity contribution < 1.29 is 17.6 Å². The molecule has 0 radical (unpaired) electrons. The molecule has 2 heterocycles. The summed E-state index contributed by atoms with van der Waals surface area (Å²) in [4.78, 5) is 22.7. The average molecular weight is 393 g/mol. The van der Waals surface area contributed by atoms with Gasteiger partial charge in [-0.15, -0.1) is 0 Å². The standard InChI is InChI=1S/C17H20FN5O3S/c1-19-27(25,26)13-5-6-15(18)14(10-13)16(24)22-12-4-2-9-23(11-12)17-20-7-3-8-21-17/h3,5-8,10,12,19H,2,4,9,11H2,1H3,(H,22,24). The molecule has 0 saturated carbocycles. The lowest BCUT2D eigenvalue weighted by Gasteiger charge is -2.33. The van der Waals surface area contributed by atoms with E-state index in [2.05, 4.69) is 20.0 Å². The number of carbonyl (C=O) groups is 1. The molecule has 0 bridgehead atoms. The van der Waals surface area contributed by atoms with E-state index in [1.54, 1.807) is 18.5 Å². The van der Waals surface area contributed by atoms with Crippen LogP contribution >= 0.6 is 0 Å². The molecule has 144 valence electrons. The Morgan fingerprint density at radius 1 is 1.30 bits per heavy atom. The second-order valence-electron chi connectivity index (χ2n) is 6.16. The molecule has 1 unspecified atom stereocenters. The molecule has 1 aromatic carbocycles. The molecule has 10 heteroatoms. The lowest BCUT2D eigenvalue weighted by atomic mass is 10.1. The number of carbonyl (C=O) groups excluding carboxylic acids is 1. The number of aromatic nitrogens is 2. The maximum absolute atomic E-state index is 14.1. The third-order valence-electron chi connectivity index (χ3n) is 4.35. The maximum atomic E-state index is 14.1. The van der Waals surface area contributed by atoms with Gasteiger partial charge in [-0.3, -0.25) is 4.79 Å². The van der Waals surface area contributed by atoms with E-state index in [9.17, 15) is 17.6 Å². The summed E-state index contributed by atoms with van der Waals surface area (Å²) < 4.78 is 40.0. The molecule has 1 aliphatic heterocycles. The van der Waals surface area contributed by atoms with Crippen LogP contribution in [0.1, 0.15) is 23.2 Å². The minimum Gasteiger partial charge on any atom is -0.347 e. The molecule has 1 amide bonds. The second kappa shape index (κ2) is 7.97. The van der Waals surface area contributed by atoms with Crippen molar-refractivity contribution in [2.75, 3.05) is 25.0 Å². The van der Waals surface area contributed by atoms with Crippen molar-refractivity contribution in [1.82, 2.24) is 20.0 Å². The Morgan fingerprint density at radius 2 is 2.04 bits per heavy atom. The van der Waals surface area contributed by atoms with E-state index in [1.165, 1.54) is 7.05 Å². The number of hydrogen-bond acceptors (Lipinski definition) is 6. The Morgan fingerprint density at radius 3 is 2.74 bits per heavy atom. The minimum atomic E-state index is -3.77. The van der Waals surface area contributed by atoms with Crippen molar-refractivity contribution in [1.29, 1.82) is 0 Å². The number of nitrogens with one attached hydrogen (secondary N) is 2. The number of amides is 1. The van der Waals surface area contributed by atoms with Gasteiger partial charge in [0, 0.05) is 31.5 Å². The van der Waals surface area contributed by atoms with Crippen molar-refractivity contribution in [3.63, 3.8) is 0 Å². The van der Waals surface area contributed by atoms with Crippen LogP contribution < -0.4 is 14.9 Å². The number of nitrogens with zero attached hydrogens (tertiary/aromatic N) is 3. The fraction of sp³-hybridized carbons (Fsp3) is 0.353. The van der Waals surface area contributed by atoms with Gasteiger partial charge in [-0.1, -0.05) is 0 Å². The quantitative estimate of drug-likeness (QED) is 0.783. The summed E-state index contributed by atoms with van der Waals surface area (Å²) >= 11 is 0. The molecule has 2 N–H and O–H groups in total. The zero-order valence-electron chi connectivity index (χ0n) is 14.7. The molecule has 0 aliphatic carbocycles. The van der Waals surface area contributed by atoms with Gasteiger partial charge < -0.3 is 10.2 Å². The average Bonchev–Trinajstić information content (AvgIpc) is 2.69. The fourth-order valence-corrected chi connectivity index (χ4v) is 3.71. The molecule has 1 fully saturated rings. The topological polar surface area (TPSA) is 104 Å². The summed E-state index contributed by atoms with van der Waals surface area (Å²) in [5, 5.41) is 2.78. The van der Waals surface area contributed by atoms with E-state index < -0.39 is 21.7 Å². The highest BCUT2D eigenvalue weighted by Crippen LogP contribution is 2.18. The zero-order valence-corrected chi connectivity index (χ0v) is 15.5. The number of rotatable bonds is 5. The van der Waals surface area contributed by atoms with E-state index >= 15 is 0 Å². The Balaban J connectivity index is 1.74. The van der Waals surface area contributed by atoms with Crippen molar-refractivity contribution in [3.8, 4) is 0 Å². The van der Waals surface area contributed by atoms with Crippen molar-refractivity contribution >= 4 is 21.9 Å². The largest absolute Gasteiger partial charge is 0.347 e. The summed E-state index contributed by atoms with van der Waals surface area (Å²) in [5.74, 6) is -0.854. The minimum absolute atomic E-state index is 0.167. The van der Waals surface area contributed by atoms with Crippen LogP contribution in [0.5, 0.6) is 0 Å². The molecular formula is C17H20FN5O3S. The highest BCUT2D eigenvalue weighted by molar-refractivity contribution is 7.89. The predicted molar refractivity (Wildman–Crippen MR) is 97.4 cm³/mol. The van der Waals surface area contributed by atoms with Crippen LogP contribution in [-0.4, -0.2) is 50.5 Å². The fourth-order valence-electron chi connectivity index (χ4n) is 2.96. The van der Waals surface area contributed by atoms with Gasteiger partial charge in [0.05, 0.1) is 10.5 Å². The molecular weight excluding hydrogens is 373 g/mol. The van der Waals surface area contributed by atoms with E-state index in [-0.39, 0.29) is 16.5 Å². The number of halogens is 1. The smallest absolute Gasteiger partial charge is 0.254 e. The van der Waals surface area contributed by atoms with E-state index in [1.807, 2.05) is 4.90 Å². The molecule has 2 aromatic rings. The molecule has 1 saturated heterocycles. The van der Waals surface area contributed by atoms with Gasteiger partial charge in [0.25, 0.3) is 5.91 Å². The third kappa shape index (κ3) is 4.40. The van der Waals surface area contributed by atoms with E-state index in [4.69, 9.17) is 0 Å². The van der Waals surface area contributed by atoms with Crippen LogP contribution in [-0.2, 0) is 10.0 Å². The van der Waals surface area contributed by atoms with Crippen LogP contribution in [0.3, 0.4) is 0 Å². The number of piperidine rings is 1. The van der Waals surface area contributed by atoms with Crippen LogP contribution in [0.25, 0.3) is 0 Å². The first-order chi connectivity index (χ1) is 12.9. The first-order valence-corrected chi connectivity index (χ1v) is 9.95. The van der Waals surface area contributed by atoms with Crippen molar-refractivity contribution in [3.05, 3.63) is 48.0 Å². The molecule has 8 nitrogen and oxygen atoms in total. The van der Waals surface area contributed by atoms with Gasteiger partial charge in [-0.2, -0.15) is 0 Å². The predicted octanol–water partition coefficient (Wildman–Crippen LogP) is 0.923. The highest BCUT2D eigenvalue weighted by Gasteiger charge is 2.25. The van der Waals surface area contributed by atoms with Crippen molar-refractivity contribution in [2.45, 2.75) is 23.8 Å². The number of hydrogen-bond donors (Lipinski definition) is 2. The lowest BCUT2D eigenvalue weighted by Crippen LogP contribution is -2.48. The zero-order chi connectivity index (χ0) is 19.4. The van der Waals surface area contributed by atoms with Gasteiger partial charge in [0.15, 0.2) is 0 Å². The third-order valence-corrected chi connectivity index (χ3v) is 5.77. The summed E-state index contributed by atoms with van der Waals surface area (Å²) in [6.07, 6.45) is 4.84. The molecule has 0 spiro atoms.